The Bertz CT molecular complexity index is 1190. The molecule has 1 amide bonds. The maximum absolute atomic E-state index is 13.6. The molecule has 1 fully saturated rings. The molecule has 174 valence electrons. The normalized spacial score (nSPS) is 15.2. The fourth-order valence-electron chi connectivity index (χ4n) is 4.74. The van der Waals surface area contributed by atoms with E-state index in [0.29, 0.717) is 17.7 Å². The van der Waals surface area contributed by atoms with Crippen molar-refractivity contribution in [3.8, 4) is 11.1 Å². The van der Waals surface area contributed by atoms with Crippen molar-refractivity contribution in [1.29, 1.82) is 0 Å². The molecule has 0 aliphatic heterocycles. The maximum atomic E-state index is 13.6. The molecule has 0 radical (unpaired) electrons. The van der Waals surface area contributed by atoms with Crippen LogP contribution in [-0.4, -0.2) is 17.0 Å². The highest BCUT2D eigenvalue weighted by Crippen LogP contribution is 2.40. The Morgan fingerprint density at radius 1 is 0.912 bits per heavy atom. The molecule has 0 saturated heterocycles. The molecule has 3 aromatic carbocycles. The van der Waals surface area contributed by atoms with Crippen LogP contribution in [0.1, 0.15) is 43.2 Å². The summed E-state index contributed by atoms with van der Waals surface area (Å²) >= 11 is 0. The van der Waals surface area contributed by atoms with E-state index in [0.717, 1.165) is 54.9 Å². The van der Waals surface area contributed by atoms with Gasteiger partial charge in [-0.2, -0.15) is 0 Å². The van der Waals surface area contributed by atoms with E-state index in [9.17, 15) is 14.0 Å². The number of halogens is 1. The van der Waals surface area contributed by atoms with Crippen molar-refractivity contribution >= 4 is 23.6 Å². The first-order chi connectivity index (χ1) is 16.4. The van der Waals surface area contributed by atoms with E-state index in [1.54, 1.807) is 24.3 Å². The predicted molar refractivity (Wildman–Crippen MR) is 133 cm³/mol. The zero-order valence-corrected chi connectivity index (χ0v) is 19.0. The minimum Gasteiger partial charge on any atom is -0.478 e. The lowest BCUT2D eigenvalue weighted by Crippen LogP contribution is -2.40. The summed E-state index contributed by atoms with van der Waals surface area (Å²) in [4.78, 5) is 24.3. The average Bonchev–Trinajstić information content (AvgIpc) is 2.84. The summed E-state index contributed by atoms with van der Waals surface area (Å²) in [6.45, 7) is 0. The Balaban J connectivity index is 1.52. The molecule has 1 saturated carbocycles. The van der Waals surface area contributed by atoms with Crippen LogP contribution in [-0.2, 0) is 16.0 Å². The van der Waals surface area contributed by atoms with Crippen molar-refractivity contribution in [2.45, 2.75) is 38.5 Å². The van der Waals surface area contributed by atoms with Gasteiger partial charge in [0.15, 0.2) is 0 Å². The van der Waals surface area contributed by atoms with Gasteiger partial charge in [-0.15, -0.1) is 0 Å². The first-order valence-corrected chi connectivity index (χ1v) is 11.6. The largest absolute Gasteiger partial charge is 0.478 e. The molecule has 4 nitrogen and oxygen atoms in total. The van der Waals surface area contributed by atoms with Gasteiger partial charge in [0.25, 0.3) is 0 Å². The maximum Gasteiger partial charge on any atom is 0.328 e. The van der Waals surface area contributed by atoms with E-state index < -0.39 is 11.4 Å². The number of nitrogens with one attached hydrogen (secondary N) is 1. The van der Waals surface area contributed by atoms with Crippen LogP contribution < -0.4 is 5.32 Å². The van der Waals surface area contributed by atoms with Crippen molar-refractivity contribution in [3.63, 3.8) is 0 Å². The number of anilines is 1. The Kier molecular flexibility index (Phi) is 7.21. The second kappa shape index (κ2) is 10.5. The standard InChI is InChI=1S/C29H28FNO3/c30-25-8-5-7-24(19-25)23-13-10-22(11-14-23)20-29(16-2-1-3-17-29)28(34)31-26-9-4-6-21(18-26)12-15-27(32)33/h4-15,18-19H,1-3,16-17,20H2,(H,31,34)(H,32,33)/b15-12+. The number of rotatable bonds is 7. The van der Waals surface area contributed by atoms with Crippen LogP contribution in [0.4, 0.5) is 10.1 Å². The Morgan fingerprint density at radius 2 is 1.65 bits per heavy atom. The first-order valence-electron chi connectivity index (χ1n) is 11.6. The summed E-state index contributed by atoms with van der Waals surface area (Å²) in [5, 5.41) is 11.9. The SMILES string of the molecule is O=C(O)/C=C/c1cccc(NC(=O)C2(Cc3ccc(-c4cccc(F)c4)cc3)CCCCC2)c1. The van der Waals surface area contributed by atoms with Gasteiger partial charge in [0.05, 0.1) is 5.41 Å². The van der Waals surface area contributed by atoms with Crippen molar-refractivity contribution in [3.05, 3.63) is 95.8 Å². The summed E-state index contributed by atoms with van der Waals surface area (Å²) in [6.07, 6.45) is 8.02. The zero-order chi connectivity index (χ0) is 24.0. The van der Waals surface area contributed by atoms with Gasteiger partial charge in [0.1, 0.15) is 5.82 Å². The van der Waals surface area contributed by atoms with E-state index in [2.05, 4.69) is 5.32 Å². The summed E-state index contributed by atoms with van der Waals surface area (Å²) < 4.78 is 13.6. The number of carboxylic acid groups (broad SMARTS) is 1. The third-order valence-corrected chi connectivity index (χ3v) is 6.51. The molecule has 0 aromatic heterocycles. The van der Waals surface area contributed by atoms with Gasteiger partial charge in [0, 0.05) is 11.8 Å². The Morgan fingerprint density at radius 3 is 2.35 bits per heavy atom. The highest BCUT2D eigenvalue weighted by Gasteiger charge is 2.39. The molecule has 5 heteroatoms. The van der Waals surface area contributed by atoms with E-state index in [4.69, 9.17) is 5.11 Å². The van der Waals surface area contributed by atoms with Gasteiger partial charge in [-0.05, 0) is 71.9 Å². The molecule has 0 unspecified atom stereocenters. The summed E-state index contributed by atoms with van der Waals surface area (Å²) in [5.74, 6) is -1.28. The Hall–Kier alpha value is -3.73. The minimum atomic E-state index is -1.01. The van der Waals surface area contributed by atoms with E-state index in [-0.39, 0.29) is 11.7 Å². The Labute approximate surface area is 199 Å². The third-order valence-electron chi connectivity index (χ3n) is 6.51. The number of carbonyl (C=O) groups excluding carboxylic acids is 1. The van der Waals surface area contributed by atoms with Gasteiger partial charge in [0.2, 0.25) is 5.91 Å². The number of aliphatic carboxylic acids is 1. The molecule has 1 aliphatic rings. The number of benzene rings is 3. The number of hydrogen-bond donors (Lipinski definition) is 2. The van der Waals surface area contributed by atoms with E-state index >= 15 is 0 Å². The molecule has 0 bridgehead atoms. The highest BCUT2D eigenvalue weighted by molar-refractivity contribution is 5.96. The van der Waals surface area contributed by atoms with Crippen LogP contribution in [0, 0.1) is 11.2 Å². The molecule has 3 aromatic rings. The number of carboxylic acids is 1. The highest BCUT2D eigenvalue weighted by atomic mass is 19.1. The molecular formula is C29H28FNO3. The lowest BCUT2D eigenvalue weighted by atomic mass is 9.69. The smallest absolute Gasteiger partial charge is 0.328 e. The number of amides is 1. The molecule has 34 heavy (non-hydrogen) atoms. The third kappa shape index (κ3) is 5.79. The number of hydrogen-bond acceptors (Lipinski definition) is 2. The second-order valence-corrected chi connectivity index (χ2v) is 8.98. The van der Waals surface area contributed by atoms with Crippen molar-refractivity contribution in [1.82, 2.24) is 0 Å². The van der Waals surface area contributed by atoms with Crippen LogP contribution in [0.2, 0.25) is 0 Å². The molecule has 1 aliphatic carbocycles. The van der Waals surface area contributed by atoms with Gasteiger partial charge in [-0.25, -0.2) is 9.18 Å². The minimum absolute atomic E-state index is 0.000714. The predicted octanol–water partition coefficient (Wildman–Crippen LogP) is 6.72. The van der Waals surface area contributed by atoms with Crippen LogP contribution in [0.3, 0.4) is 0 Å². The fourth-order valence-corrected chi connectivity index (χ4v) is 4.74. The van der Waals surface area contributed by atoms with E-state index in [1.165, 1.54) is 18.2 Å². The molecule has 0 heterocycles. The van der Waals surface area contributed by atoms with Crippen molar-refractivity contribution in [2.75, 3.05) is 5.32 Å². The lowest BCUT2D eigenvalue weighted by molar-refractivity contribution is -0.131. The van der Waals surface area contributed by atoms with Crippen LogP contribution >= 0.6 is 0 Å². The van der Waals surface area contributed by atoms with Gasteiger partial charge < -0.3 is 10.4 Å². The lowest BCUT2D eigenvalue weighted by Gasteiger charge is -2.36. The molecule has 0 spiro atoms. The molecular weight excluding hydrogens is 429 g/mol. The quantitative estimate of drug-likeness (QED) is 0.387. The summed E-state index contributed by atoms with van der Waals surface area (Å²) in [5.41, 5.74) is 3.72. The van der Waals surface area contributed by atoms with E-state index in [1.807, 2.05) is 36.4 Å². The topological polar surface area (TPSA) is 66.4 Å². The zero-order valence-electron chi connectivity index (χ0n) is 19.0. The summed E-state index contributed by atoms with van der Waals surface area (Å²) in [7, 11) is 0. The van der Waals surface area contributed by atoms with Crippen molar-refractivity contribution < 1.29 is 19.1 Å². The summed E-state index contributed by atoms with van der Waals surface area (Å²) in [6, 6.07) is 21.8. The molecule has 4 rings (SSSR count). The molecule has 0 atom stereocenters. The van der Waals surface area contributed by atoms with Crippen LogP contribution in [0.15, 0.2) is 78.9 Å². The number of carbonyl (C=O) groups is 2. The van der Waals surface area contributed by atoms with Gasteiger partial charge in [-0.3, -0.25) is 4.79 Å². The van der Waals surface area contributed by atoms with Gasteiger partial charge in [-0.1, -0.05) is 67.8 Å². The second-order valence-electron chi connectivity index (χ2n) is 8.98. The monoisotopic (exact) mass is 457 g/mol. The fraction of sp³-hybridized carbons (Fsp3) is 0.241. The van der Waals surface area contributed by atoms with Crippen LogP contribution in [0.5, 0.6) is 0 Å². The first kappa shape index (κ1) is 23.4. The van der Waals surface area contributed by atoms with Gasteiger partial charge >= 0.3 is 5.97 Å². The van der Waals surface area contributed by atoms with Crippen LogP contribution in [0.25, 0.3) is 17.2 Å². The average molecular weight is 458 g/mol. The molecule has 2 N–H and O–H groups in total. The van der Waals surface area contributed by atoms with Crippen molar-refractivity contribution in [2.24, 2.45) is 5.41 Å².